The Bertz CT molecular complexity index is 347. The Hall–Kier alpha value is -0.650. The summed E-state index contributed by atoms with van der Waals surface area (Å²) in [5.41, 5.74) is -0.0871. The van der Waals surface area contributed by atoms with Crippen molar-refractivity contribution in [2.45, 2.75) is 70.6 Å². The van der Waals surface area contributed by atoms with E-state index in [1.165, 1.54) is 0 Å². The van der Waals surface area contributed by atoms with E-state index in [-0.39, 0.29) is 23.7 Å². The van der Waals surface area contributed by atoms with Gasteiger partial charge in [0, 0.05) is 32.5 Å². The molecule has 0 aromatic heterocycles. The maximum atomic E-state index is 12.3. The van der Waals surface area contributed by atoms with Gasteiger partial charge >= 0.3 is 0 Å². The highest BCUT2D eigenvalue weighted by atomic mass is 16.5. The third-order valence-corrected chi connectivity index (χ3v) is 4.68. The number of nitrogens with one attached hydrogen (secondary N) is 1. The van der Waals surface area contributed by atoms with Crippen LogP contribution in [0.2, 0.25) is 0 Å². The van der Waals surface area contributed by atoms with E-state index in [9.17, 15) is 4.79 Å². The van der Waals surface area contributed by atoms with Gasteiger partial charge in [0.05, 0.1) is 5.60 Å². The van der Waals surface area contributed by atoms with Crippen LogP contribution in [0.15, 0.2) is 0 Å². The molecule has 22 heavy (non-hydrogen) atoms. The first kappa shape index (κ1) is 17.7. The van der Waals surface area contributed by atoms with Crippen molar-refractivity contribution in [2.75, 3.05) is 26.4 Å². The summed E-state index contributed by atoms with van der Waals surface area (Å²) in [4.78, 5) is 12.3. The number of rotatable bonds is 6. The molecule has 0 aromatic rings. The minimum absolute atomic E-state index is 0.00198. The summed E-state index contributed by atoms with van der Waals surface area (Å²) in [5, 5.41) is 3.14. The first-order valence-corrected chi connectivity index (χ1v) is 8.64. The fourth-order valence-electron chi connectivity index (χ4n) is 3.12. The highest BCUT2D eigenvalue weighted by molar-refractivity contribution is 5.80. The number of amides is 1. The van der Waals surface area contributed by atoms with Gasteiger partial charge in [-0.3, -0.25) is 4.79 Å². The van der Waals surface area contributed by atoms with E-state index in [0.717, 1.165) is 45.3 Å². The summed E-state index contributed by atoms with van der Waals surface area (Å²) in [6.07, 6.45) is 4.23. The van der Waals surface area contributed by atoms with E-state index in [2.05, 4.69) is 19.2 Å². The van der Waals surface area contributed by atoms with Crippen molar-refractivity contribution in [1.29, 1.82) is 0 Å². The van der Waals surface area contributed by atoms with Crippen molar-refractivity contribution in [3.63, 3.8) is 0 Å². The molecular weight excluding hydrogens is 282 g/mol. The molecule has 1 amide bonds. The number of hydrogen-bond acceptors (Lipinski definition) is 4. The monoisotopic (exact) mass is 313 g/mol. The summed E-state index contributed by atoms with van der Waals surface area (Å²) in [7, 11) is 0. The van der Waals surface area contributed by atoms with Crippen LogP contribution in [-0.2, 0) is 19.0 Å². The average molecular weight is 313 g/mol. The predicted molar refractivity (Wildman–Crippen MR) is 84.8 cm³/mol. The summed E-state index contributed by atoms with van der Waals surface area (Å²) in [6.45, 7) is 9.02. The molecule has 0 bridgehead atoms. The van der Waals surface area contributed by atoms with Crippen LogP contribution in [0.4, 0.5) is 0 Å². The maximum Gasteiger partial charge on any atom is 0.249 e. The predicted octanol–water partition coefficient (Wildman–Crippen LogP) is 2.28. The number of hydrogen-bond donors (Lipinski definition) is 1. The molecular formula is C17H31NO4. The van der Waals surface area contributed by atoms with E-state index in [4.69, 9.17) is 14.2 Å². The molecule has 0 aliphatic carbocycles. The molecule has 2 rings (SSSR count). The van der Waals surface area contributed by atoms with Crippen LogP contribution in [0.5, 0.6) is 0 Å². The van der Waals surface area contributed by atoms with E-state index in [0.29, 0.717) is 19.1 Å². The molecule has 2 atom stereocenters. The first-order valence-electron chi connectivity index (χ1n) is 8.64. The summed E-state index contributed by atoms with van der Waals surface area (Å²) in [5.74, 6) is 0.594. The molecule has 5 heteroatoms. The molecule has 0 radical (unpaired) electrons. The fourth-order valence-corrected chi connectivity index (χ4v) is 3.12. The highest BCUT2D eigenvalue weighted by Crippen LogP contribution is 2.34. The molecule has 2 aliphatic rings. The lowest BCUT2D eigenvalue weighted by molar-refractivity contribution is -0.147. The van der Waals surface area contributed by atoms with E-state index >= 15 is 0 Å². The lowest BCUT2D eigenvalue weighted by Crippen LogP contribution is -2.52. The molecule has 0 saturated carbocycles. The minimum atomic E-state index is -0.382. The molecule has 0 unspecified atom stereocenters. The normalized spacial score (nSPS) is 26.1. The molecule has 0 aromatic carbocycles. The van der Waals surface area contributed by atoms with Crippen molar-refractivity contribution < 1.29 is 19.0 Å². The quantitative estimate of drug-likeness (QED) is 0.817. The van der Waals surface area contributed by atoms with Gasteiger partial charge in [0.1, 0.15) is 6.10 Å². The van der Waals surface area contributed by atoms with Gasteiger partial charge in [0.15, 0.2) is 0 Å². The highest BCUT2D eigenvalue weighted by Gasteiger charge is 2.39. The van der Waals surface area contributed by atoms with Crippen LogP contribution in [0.3, 0.4) is 0 Å². The van der Waals surface area contributed by atoms with Gasteiger partial charge < -0.3 is 19.5 Å². The van der Waals surface area contributed by atoms with Crippen molar-refractivity contribution in [3.8, 4) is 0 Å². The van der Waals surface area contributed by atoms with Gasteiger partial charge in [-0.25, -0.2) is 0 Å². The maximum absolute atomic E-state index is 12.3. The van der Waals surface area contributed by atoms with Crippen molar-refractivity contribution >= 4 is 5.91 Å². The van der Waals surface area contributed by atoms with Crippen LogP contribution in [0, 0.1) is 5.92 Å². The Morgan fingerprint density at radius 2 is 2.00 bits per heavy atom. The zero-order valence-electron chi connectivity index (χ0n) is 14.2. The van der Waals surface area contributed by atoms with Crippen molar-refractivity contribution in [3.05, 3.63) is 0 Å². The lowest BCUT2D eigenvalue weighted by atomic mass is 9.84. The van der Waals surface area contributed by atoms with Crippen molar-refractivity contribution in [2.24, 2.45) is 5.92 Å². The minimum Gasteiger partial charge on any atom is -0.381 e. The molecule has 1 spiro atoms. The SMILES string of the molecule is CC(C)CCO[C@H](C)C(=O)N[C@H]1CCOC2(CCOCC2)C1. The Morgan fingerprint density at radius 1 is 1.27 bits per heavy atom. The smallest absolute Gasteiger partial charge is 0.249 e. The third kappa shape index (κ3) is 5.21. The van der Waals surface area contributed by atoms with E-state index < -0.39 is 0 Å². The van der Waals surface area contributed by atoms with Gasteiger partial charge in [0.25, 0.3) is 0 Å². The summed E-state index contributed by atoms with van der Waals surface area (Å²) >= 11 is 0. The third-order valence-electron chi connectivity index (χ3n) is 4.68. The second-order valence-electron chi connectivity index (χ2n) is 7.04. The standard InChI is InChI=1S/C17H31NO4/c1-13(2)4-8-21-14(3)16(19)18-15-5-9-22-17(12-15)6-10-20-11-7-17/h13-15H,4-12H2,1-3H3,(H,18,19)/t14-,15+/m1/s1. The molecule has 2 fully saturated rings. The van der Waals surface area contributed by atoms with Gasteiger partial charge in [-0.2, -0.15) is 0 Å². The molecule has 2 aliphatic heterocycles. The summed E-state index contributed by atoms with van der Waals surface area (Å²) in [6, 6.07) is 0.190. The second kappa shape index (κ2) is 8.27. The number of carbonyl (C=O) groups excluding carboxylic acids is 1. The zero-order valence-corrected chi connectivity index (χ0v) is 14.2. The Morgan fingerprint density at radius 3 is 2.68 bits per heavy atom. The molecule has 5 nitrogen and oxygen atoms in total. The number of carbonyl (C=O) groups is 1. The fraction of sp³-hybridized carbons (Fsp3) is 0.941. The van der Waals surface area contributed by atoms with Gasteiger partial charge in [0.2, 0.25) is 5.91 Å². The van der Waals surface area contributed by atoms with E-state index in [1.807, 2.05) is 6.92 Å². The van der Waals surface area contributed by atoms with Crippen LogP contribution >= 0.6 is 0 Å². The zero-order chi connectivity index (χ0) is 16.0. The van der Waals surface area contributed by atoms with Crippen LogP contribution in [0.1, 0.15) is 52.9 Å². The molecule has 1 N–H and O–H groups in total. The van der Waals surface area contributed by atoms with Gasteiger partial charge in [-0.15, -0.1) is 0 Å². The summed E-state index contributed by atoms with van der Waals surface area (Å²) < 4.78 is 17.1. The first-order chi connectivity index (χ1) is 10.5. The average Bonchev–Trinajstić information content (AvgIpc) is 2.47. The largest absolute Gasteiger partial charge is 0.381 e. The van der Waals surface area contributed by atoms with Gasteiger partial charge in [-0.1, -0.05) is 13.8 Å². The van der Waals surface area contributed by atoms with Crippen LogP contribution < -0.4 is 5.32 Å². The van der Waals surface area contributed by atoms with Gasteiger partial charge in [-0.05, 0) is 44.9 Å². The Balaban J connectivity index is 1.75. The lowest BCUT2D eigenvalue weighted by Gasteiger charge is -2.43. The second-order valence-corrected chi connectivity index (χ2v) is 7.04. The van der Waals surface area contributed by atoms with Crippen molar-refractivity contribution in [1.82, 2.24) is 5.32 Å². The van der Waals surface area contributed by atoms with E-state index in [1.54, 1.807) is 0 Å². The number of ether oxygens (including phenoxy) is 3. The Kier molecular flexibility index (Phi) is 6.66. The van der Waals surface area contributed by atoms with Crippen LogP contribution in [-0.4, -0.2) is 50.1 Å². The molecule has 128 valence electrons. The Labute approximate surface area is 134 Å². The van der Waals surface area contributed by atoms with Crippen LogP contribution in [0.25, 0.3) is 0 Å². The topological polar surface area (TPSA) is 56.8 Å². The molecule has 2 heterocycles. The molecule has 2 saturated heterocycles.